The number of hydrogen-bond acceptors (Lipinski definition) is 2. The highest BCUT2D eigenvalue weighted by atomic mass is 16.4. The minimum absolute atomic E-state index is 0.576. The van der Waals surface area contributed by atoms with E-state index in [9.17, 15) is 10.0 Å². The third-order valence-corrected chi connectivity index (χ3v) is 5.39. The van der Waals surface area contributed by atoms with Crippen molar-refractivity contribution < 1.29 is 10.0 Å². The van der Waals surface area contributed by atoms with Crippen LogP contribution in [0.1, 0.15) is 25.0 Å². The lowest BCUT2D eigenvalue weighted by atomic mass is 9.72. The highest BCUT2D eigenvalue weighted by Gasteiger charge is 2.22. The van der Waals surface area contributed by atoms with Crippen molar-refractivity contribution in [2.45, 2.75) is 26.7 Å². The predicted molar refractivity (Wildman–Crippen MR) is 115 cm³/mol. The Labute approximate surface area is 160 Å². The zero-order valence-electron chi connectivity index (χ0n) is 15.7. The van der Waals surface area contributed by atoms with Gasteiger partial charge in [0, 0.05) is 0 Å². The first-order valence-corrected chi connectivity index (χ1v) is 9.56. The van der Waals surface area contributed by atoms with Crippen molar-refractivity contribution in [3.05, 3.63) is 77.9 Å². The van der Waals surface area contributed by atoms with Crippen LogP contribution in [0.4, 0.5) is 0 Å². The van der Waals surface area contributed by atoms with Gasteiger partial charge in [0.25, 0.3) is 0 Å². The highest BCUT2D eigenvalue weighted by Crippen LogP contribution is 2.36. The molecule has 0 aromatic heterocycles. The maximum absolute atomic E-state index is 10.1. The molecule has 0 aliphatic rings. The smallest absolute Gasteiger partial charge is 0.423 e. The number of aryl methyl sites for hydroxylation is 2. The van der Waals surface area contributed by atoms with Gasteiger partial charge >= 0.3 is 7.12 Å². The van der Waals surface area contributed by atoms with Crippen molar-refractivity contribution in [3.8, 4) is 11.1 Å². The van der Waals surface area contributed by atoms with Crippen LogP contribution in [0, 0.1) is 0 Å². The second-order valence-corrected chi connectivity index (χ2v) is 7.00. The fourth-order valence-corrected chi connectivity index (χ4v) is 4.07. The normalized spacial score (nSPS) is 11.3. The third kappa shape index (κ3) is 3.03. The molecular formula is C24H23BO2. The van der Waals surface area contributed by atoms with E-state index in [-0.39, 0.29) is 0 Å². The molecule has 0 radical (unpaired) electrons. The molecule has 0 saturated heterocycles. The van der Waals surface area contributed by atoms with E-state index in [1.54, 1.807) is 0 Å². The molecule has 4 aromatic rings. The Morgan fingerprint density at radius 1 is 0.667 bits per heavy atom. The monoisotopic (exact) mass is 354 g/mol. The molecular weight excluding hydrogens is 331 g/mol. The van der Waals surface area contributed by atoms with Crippen LogP contribution in [0.25, 0.3) is 32.7 Å². The molecule has 0 aliphatic carbocycles. The summed E-state index contributed by atoms with van der Waals surface area (Å²) in [7, 11) is -1.51. The van der Waals surface area contributed by atoms with Gasteiger partial charge in [0.2, 0.25) is 0 Å². The van der Waals surface area contributed by atoms with Crippen LogP contribution in [0.5, 0.6) is 0 Å². The van der Waals surface area contributed by atoms with Crippen molar-refractivity contribution in [2.75, 3.05) is 0 Å². The van der Waals surface area contributed by atoms with Crippen molar-refractivity contribution in [1.82, 2.24) is 0 Å². The Kier molecular flexibility index (Phi) is 4.73. The first kappa shape index (κ1) is 17.8. The number of fused-ring (bicyclic) bond motifs is 2. The molecule has 0 amide bonds. The van der Waals surface area contributed by atoms with Crippen LogP contribution in [0.15, 0.2) is 66.7 Å². The second kappa shape index (κ2) is 7.18. The molecule has 0 atom stereocenters. The summed E-state index contributed by atoms with van der Waals surface area (Å²) in [4.78, 5) is 0. The zero-order valence-corrected chi connectivity index (χ0v) is 15.7. The minimum Gasteiger partial charge on any atom is -0.423 e. The van der Waals surface area contributed by atoms with Crippen LogP contribution < -0.4 is 5.46 Å². The molecule has 4 aromatic carbocycles. The van der Waals surface area contributed by atoms with Gasteiger partial charge < -0.3 is 10.0 Å². The quantitative estimate of drug-likeness (QED) is 0.420. The zero-order chi connectivity index (χ0) is 19.0. The van der Waals surface area contributed by atoms with Crippen molar-refractivity contribution in [2.24, 2.45) is 0 Å². The second-order valence-electron chi connectivity index (χ2n) is 7.00. The molecule has 3 heteroatoms. The van der Waals surface area contributed by atoms with Gasteiger partial charge in [-0.3, -0.25) is 0 Å². The van der Waals surface area contributed by atoms with Gasteiger partial charge in [0.1, 0.15) is 0 Å². The predicted octanol–water partition coefficient (Wildman–Crippen LogP) is 4.46. The molecule has 0 heterocycles. The lowest BCUT2D eigenvalue weighted by Gasteiger charge is -2.18. The van der Waals surface area contributed by atoms with E-state index in [0.717, 1.165) is 39.9 Å². The average molecular weight is 354 g/mol. The molecule has 2 N–H and O–H groups in total. The van der Waals surface area contributed by atoms with Gasteiger partial charge in [0.15, 0.2) is 0 Å². The van der Waals surface area contributed by atoms with Crippen LogP contribution in [-0.2, 0) is 12.8 Å². The van der Waals surface area contributed by atoms with Gasteiger partial charge in [-0.05, 0) is 62.1 Å². The van der Waals surface area contributed by atoms with Gasteiger partial charge in [0.05, 0.1) is 0 Å². The fraction of sp³-hybridized carbons (Fsp3) is 0.167. The van der Waals surface area contributed by atoms with Gasteiger partial charge in [-0.2, -0.15) is 0 Å². The maximum atomic E-state index is 10.1. The summed E-state index contributed by atoms with van der Waals surface area (Å²) in [6.45, 7) is 4.36. The average Bonchev–Trinajstić information content (AvgIpc) is 2.70. The first-order valence-electron chi connectivity index (χ1n) is 9.56. The van der Waals surface area contributed by atoms with Crippen LogP contribution in [0.2, 0.25) is 0 Å². The third-order valence-electron chi connectivity index (χ3n) is 5.39. The largest absolute Gasteiger partial charge is 0.489 e. The molecule has 27 heavy (non-hydrogen) atoms. The molecule has 0 saturated carbocycles. The Hall–Kier alpha value is -2.62. The minimum atomic E-state index is -1.51. The van der Waals surface area contributed by atoms with E-state index in [4.69, 9.17) is 0 Å². The molecule has 0 aliphatic heterocycles. The Morgan fingerprint density at radius 2 is 1.11 bits per heavy atom. The molecule has 134 valence electrons. The van der Waals surface area contributed by atoms with Crippen LogP contribution in [0.3, 0.4) is 0 Å². The van der Waals surface area contributed by atoms with E-state index >= 15 is 0 Å². The summed E-state index contributed by atoms with van der Waals surface area (Å²) >= 11 is 0. The van der Waals surface area contributed by atoms with E-state index in [1.165, 1.54) is 16.7 Å². The summed E-state index contributed by atoms with van der Waals surface area (Å²) < 4.78 is 0. The van der Waals surface area contributed by atoms with Gasteiger partial charge in [-0.25, -0.2) is 0 Å². The molecule has 0 unspecified atom stereocenters. The summed E-state index contributed by atoms with van der Waals surface area (Å²) in [6.07, 6.45) is 1.98. The van der Waals surface area contributed by atoms with Gasteiger partial charge in [-0.1, -0.05) is 80.6 Å². The van der Waals surface area contributed by atoms with E-state index in [0.29, 0.717) is 5.46 Å². The van der Waals surface area contributed by atoms with Crippen molar-refractivity contribution in [1.29, 1.82) is 0 Å². The summed E-state index contributed by atoms with van der Waals surface area (Å²) in [5.74, 6) is 0. The number of hydrogen-bond donors (Lipinski definition) is 2. The lowest BCUT2D eigenvalue weighted by molar-refractivity contribution is 0.426. The molecule has 0 bridgehead atoms. The Balaban J connectivity index is 2.20. The number of benzene rings is 4. The lowest BCUT2D eigenvalue weighted by Crippen LogP contribution is -2.31. The molecule has 2 nitrogen and oxygen atoms in total. The van der Waals surface area contributed by atoms with E-state index in [2.05, 4.69) is 44.2 Å². The van der Waals surface area contributed by atoms with E-state index in [1.807, 2.05) is 36.4 Å². The summed E-state index contributed by atoms with van der Waals surface area (Å²) in [6, 6.07) is 22.8. The number of rotatable bonds is 4. The maximum Gasteiger partial charge on any atom is 0.489 e. The highest BCUT2D eigenvalue weighted by molar-refractivity contribution is 6.66. The van der Waals surface area contributed by atoms with Crippen LogP contribution in [-0.4, -0.2) is 17.2 Å². The van der Waals surface area contributed by atoms with Crippen molar-refractivity contribution >= 4 is 34.1 Å². The Bertz CT molecular complexity index is 1050. The standard InChI is InChI=1S/C24H23BO2/c1-3-16-13-17(4-2)15-18(14-16)23-19-9-5-7-11-21(19)24(25(26)27)22-12-8-6-10-20(22)23/h5-15,26-27H,3-4H2,1-2H3. The van der Waals surface area contributed by atoms with Crippen molar-refractivity contribution in [3.63, 3.8) is 0 Å². The Morgan fingerprint density at radius 3 is 1.52 bits per heavy atom. The molecule has 0 spiro atoms. The topological polar surface area (TPSA) is 40.5 Å². The molecule has 0 fully saturated rings. The first-order chi connectivity index (χ1) is 13.1. The van der Waals surface area contributed by atoms with Gasteiger partial charge in [-0.15, -0.1) is 0 Å². The summed E-state index contributed by atoms with van der Waals surface area (Å²) in [5, 5.41) is 24.1. The van der Waals surface area contributed by atoms with Crippen LogP contribution >= 0.6 is 0 Å². The summed E-state index contributed by atoms with van der Waals surface area (Å²) in [5.41, 5.74) is 5.58. The SMILES string of the molecule is CCc1cc(CC)cc(-c2c3ccccc3c(B(O)O)c3ccccc23)c1. The molecule has 4 rings (SSSR count). The van der Waals surface area contributed by atoms with E-state index < -0.39 is 7.12 Å². The fourth-order valence-electron chi connectivity index (χ4n) is 4.07.